The fraction of sp³-hybridized carbons (Fsp3) is 0. The molecule has 12 aromatic rings. The molecule has 0 amide bonds. The highest BCUT2D eigenvalue weighted by molar-refractivity contribution is 6.27. The lowest BCUT2D eigenvalue weighted by molar-refractivity contribution is 0.668. The molecule has 4 aromatic heterocycles. The molecule has 0 aliphatic rings. The van der Waals surface area contributed by atoms with Gasteiger partial charge >= 0.3 is 0 Å². The van der Waals surface area contributed by atoms with Crippen LogP contribution < -0.4 is 0 Å². The molecular formula is C53H31N3O2. The van der Waals surface area contributed by atoms with Crippen molar-refractivity contribution in [3.05, 3.63) is 188 Å². The Morgan fingerprint density at radius 3 is 1.81 bits per heavy atom. The second-order valence-corrected chi connectivity index (χ2v) is 14.7. The molecule has 270 valence electrons. The second-order valence-electron chi connectivity index (χ2n) is 14.7. The first-order chi connectivity index (χ1) is 28.7. The summed E-state index contributed by atoms with van der Waals surface area (Å²) in [7, 11) is 0. The Balaban J connectivity index is 0.991. The summed E-state index contributed by atoms with van der Waals surface area (Å²) in [6.45, 7) is 0. The number of hydrogen-bond acceptors (Lipinski definition) is 5. The summed E-state index contributed by atoms with van der Waals surface area (Å²) in [6.07, 6.45) is 0. The highest BCUT2D eigenvalue weighted by Crippen LogP contribution is 2.42. The van der Waals surface area contributed by atoms with Gasteiger partial charge in [-0.15, -0.1) is 0 Å². The summed E-state index contributed by atoms with van der Waals surface area (Å²) in [5, 5.41) is 7.82. The topological polar surface area (TPSA) is 65.0 Å². The van der Waals surface area contributed by atoms with Gasteiger partial charge in [0.25, 0.3) is 0 Å². The maximum atomic E-state index is 6.63. The Kier molecular flexibility index (Phi) is 7.16. The number of rotatable bonds is 5. The third-order valence-corrected chi connectivity index (χ3v) is 11.3. The first kappa shape index (κ1) is 32.4. The molecular weight excluding hydrogens is 711 g/mol. The highest BCUT2D eigenvalue weighted by atomic mass is 16.3. The number of benzene rings is 8. The van der Waals surface area contributed by atoms with E-state index in [0.29, 0.717) is 5.82 Å². The Bertz CT molecular complexity index is 3570. The molecule has 0 aliphatic carbocycles. The van der Waals surface area contributed by atoms with Crippen LogP contribution in [0, 0.1) is 0 Å². The Morgan fingerprint density at radius 1 is 0.345 bits per heavy atom. The maximum absolute atomic E-state index is 6.63. The van der Waals surface area contributed by atoms with Gasteiger partial charge in [0.1, 0.15) is 22.4 Å². The van der Waals surface area contributed by atoms with E-state index in [9.17, 15) is 0 Å². The Hall–Kier alpha value is -7.89. The molecule has 5 nitrogen and oxygen atoms in total. The van der Waals surface area contributed by atoms with E-state index in [1.54, 1.807) is 0 Å². The fourth-order valence-electron chi connectivity index (χ4n) is 8.52. The molecule has 0 bridgehead atoms. The molecule has 12 rings (SSSR count). The predicted octanol–water partition coefficient (Wildman–Crippen LogP) is 14.3. The van der Waals surface area contributed by atoms with Gasteiger partial charge in [0, 0.05) is 54.7 Å². The highest BCUT2D eigenvalue weighted by Gasteiger charge is 2.20. The van der Waals surface area contributed by atoms with Crippen LogP contribution in [0.2, 0.25) is 0 Å². The number of pyridine rings is 1. The average Bonchev–Trinajstić information content (AvgIpc) is 3.88. The number of fused-ring (bicyclic) bond motifs is 10. The van der Waals surface area contributed by atoms with E-state index >= 15 is 0 Å². The van der Waals surface area contributed by atoms with Crippen LogP contribution in [0.15, 0.2) is 197 Å². The molecule has 4 heterocycles. The molecule has 5 heteroatoms. The zero-order valence-corrected chi connectivity index (χ0v) is 31.1. The molecule has 0 unspecified atom stereocenters. The van der Waals surface area contributed by atoms with Crippen LogP contribution in [-0.4, -0.2) is 15.0 Å². The second kappa shape index (κ2) is 12.8. The van der Waals surface area contributed by atoms with E-state index < -0.39 is 0 Å². The van der Waals surface area contributed by atoms with E-state index in [2.05, 4.69) is 146 Å². The van der Waals surface area contributed by atoms with Gasteiger partial charge in [-0.25, -0.2) is 15.0 Å². The van der Waals surface area contributed by atoms with Crippen molar-refractivity contribution in [1.29, 1.82) is 0 Å². The first-order valence-corrected chi connectivity index (χ1v) is 19.4. The third-order valence-electron chi connectivity index (χ3n) is 11.3. The molecule has 8 aromatic carbocycles. The van der Waals surface area contributed by atoms with Crippen molar-refractivity contribution in [3.63, 3.8) is 0 Å². The van der Waals surface area contributed by atoms with Gasteiger partial charge in [0.05, 0.1) is 16.9 Å². The van der Waals surface area contributed by atoms with Crippen molar-refractivity contribution in [2.75, 3.05) is 0 Å². The van der Waals surface area contributed by atoms with Crippen LogP contribution in [0.1, 0.15) is 0 Å². The molecule has 0 aliphatic heterocycles. The predicted molar refractivity (Wildman–Crippen MR) is 237 cm³/mol. The average molecular weight is 742 g/mol. The smallest absolute Gasteiger partial charge is 0.162 e. The Labute approximate surface area is 332 Å². The van der Waals surface area contributed by atoms with E-state index in [4.69, 9.17) is 23.8 Å². The number of furan rings is 2. The van der Waals surface area contributed by atoms with Gasteiger partial charge in [-0.1, -0.05) is 158 Å². The summed E-state index contributed by atoms with van der Waals surface area (Å²) in [5.74, 6) is 0.638. The van der Waals surface area contributed by atoms with Gasteiger partial charge in [-0.05, 0) is 46.7 Å². The zero-order valence-electron chi connectivity index (χ0n) is 31.1. The summed E-state index contributed by atoms with van der Waals surface area (Å²) < 4.78 is 13.0. The molecule has 0 N–H and O–H groups in total. The van der Waals surface area contributed by atoms with Crippen molar-refractivity contribution in [1.82, 2.24) is 15.0 Å². The minimum absolute atomic E-state index is 0.638. The largest absolute Gasteiger partial charge is 0.455 e. The van der Waals surface area contributed by atoms with Crippen LogP contribution >= 0.6 is 0 Å². The standard InChI is InChI=1S/C53H31N3O2/c1-2-13-33(14-3-1)44-31-45(37-16-10-15-36(30-37)39-20-11-21-41-40-18-6-8-22-46(40)57-51(39)41)56-53(55-44)35-26-24-34(25-27-35)50-52-49(42-19-7-9-23-47(42)58-52)48-38-17-5-4-12-32(38)28-29-43(48)54-50/h1-31H. The molecule has 0 fully saturated rings. The van der Waals surface area contributed by atoms with Crippen molar-refractivity contribution < 1.29 is 8.83 Å². The quantitative estimate of drug-likeness (QED) is 0.164. The lowest BCUT2D eigenvalue weighted by Crippen LogP contribution is -1.96. The van der Waals surface area contributed by atoms with Crippen LogP contribution in [0.5, 0.6) is 0 Å². The van der Waals surface area contributed by atoms with Crippen LogP contribution in [-0.2, 0) is 0 Å². The van der Waals surface area contributed by atoms with Gasteiger partial charge in [-0.2, -0.15) is 0 Å². The van der Waals surface area contributed by atoms with E-state index in [1.807, 2.05) is 42.5 Å². The van der Waals surface area contributed by atoms with Crippen molar-refractivity contribution in [3.8, 4) is 56.3 Å². The molecule has 58 heavy (non-hydrogen) atoms. The SMILES string of the molecule is c1ccc(-c2cc(-c3cccc(-c4cccc5c4oc4ccccc45)c3)nc(-c3ccc(-c4nc5ccc6ccccc6c5c5c4oc4ccccc45)cc3)n2)cc1. The number of nitrogens with zero attached hydrogens (tertiary/aromatic N) is 3. The van der Waals surface area contributed by atoms with Gasteiger partial charge in [0.2, 0.25) is 0 Å². The minimum Gasteiger partial charge on any atom is -0.455 e. The van der Waals surface area contributed by atoms with Gasteiger partial charge in [0.15, 0.2) is 11.4 Å². The van der Waals surface area contributed by atoms with Crippen molar-refractivity contribution in [2.24, 2.45) is 0 Å². The van der Waals surface area contributed by atoms with E-state index in [0.717, 1.165) is 111 Å². The normalized spacial score (nSPS) is 11.8. The molecule has 0 spiro atoms. The monoisotopic (exact) mass is 741 g/mol. The van der Waals surface area contributed by atoms with Gasteiger partial charge < -0.3 is 8.83 Å². The van der Waals surface area contributed by atoms with Crippen LogP contribution in [0.4, 0.5) is 0 Å². The maximum Gasteiger partial charge on any atom is 0.162 e. The van der Waals surface area contributed by atoms with Crippen LogP contribution in [0.3, 0.4) is 0 Å². The molecule has 0 radical (unpaired) electrons. The van der Waals surface area contributed by atoms with E-state index in [1.165, 1.54) is 5.39 Å². The van der Waals surface area contributed by atoms with Gasteiger partial charge in [-0.3, -0.25) is 0 Å². The molecule has 0 saturated carbocycles. The number of hydrogen-bond donors (Lipinski definition) is 0. The van der Waals surface area contributed by atoms with Crippen molar-refractivity contribution in [2.45, 2.75) is 0 Å². The number of aromatic nitrogens is 3. The third kappa shape index (κ3) is 5.14. The summed E-state index contributed by atoms with van der Waals surface area (Å²) in [5.41, 5.74) is 12.8. The lowest BCUT2D eigenvalue weighted by atomic mass is 9.98. The van der Waals surface area contributed by atoms with Crippen molar-refractivity contribution >= 4 is 65.6 Å². The summed E-state index contributed by atoms with van der Waals surface area (Å²) >= 11 is 0. The van der Waals surface area contributed by atoms with E-state index in [-0.39, 0.29) is 0 Å². The summed E-state index contributed by atoms with van der Waals surface area (Å²) in [6, 6.07) is 64.8. The summed E-state index contributed by atoms with van der Waals surface area (Å²) in [4.78, 5) is 15.6. The molecule has 0 atom stereocenters. The number of para-hydroxylation sites is 3. The minimum atomic E-state index is 0.638. The Morgan fingerprint density at radius 2 is 0.966 bits per heavy atom. The first-order valence-electron chi connectivity index (χ1n) is 19.4. The molecule has 0 saturated heterocycles. The fourth-order valence-corrected chi connectivity index (χ4v) is 8.52. The van der Waals surface area contributed by atoms with Crippen LogP contribution in [0.25, 0.3) is 122 Å². The zero-order chi connectivity index (χ0) is 38.2. The lowest BCUT2D eigenvalue weighted by Gasteiger charge is -2.12.